The molecule has 15 heavy (non-hydrogen) atoms. The molecule has 0 amide bonds. The van der Waals surface area contributed by atoms with Crippen molar-refractivity contribution >= 4 is 33.3 Å². The van der Waals surface area contributed by atoms with Gasteiger partial charge in [0, 0.05) is 12.4 Å². The highest BCUT2D eigenvalue weighted by atomic mass is 32.2. The standard InChI is InChI=1S/C10H12N2OS2/c1-2-13-4-6-15-10-9-8(3-5-14-9)11-7-12-10/h3,5,7H,2,4,6H2,1H3. The number of aromatic nitrogens is 2. The van der Waals surface area contributed by atoms with E-state index in [4.69, 9.17) is 4.74 Å². The molecule has 0 N–H and O–H groups in total. The number of fused-ring (bicyclic) bond motifs is 1. The minimum atomic E-state index is 0.776. The van der Waals surface area contributed by atoms with E-state index >= 15 is 0 Å². The van der Waals surface area contributed by atoms with Gasteiger partial charge in [0.05, 0.1) is 16.8 Å². The van der Waals surface area contributed by atoms with Crippen LogP contribution in [0.25, 0.3) is 10.2 Å². The van der Waals surface area contributed by atoms with Gasteiger partial charge in [0.25, 0.3) is 0 Å². The van der Waals surface area contributed by atoms with Gasteiger partial charge in [-0.25, -0.2) is 9.97 Å². The Bertz CT molecular complexity index is 430. The lowest BCUT2D eigenvalue weighted by Gasteiger charge is -2.01. The second-order valence-electron chi connectivity index (χ2n) is 2.86. The van der Waals surface area contributed by atoms with E-state index in [0.29, 0.717) is 0 Å². The van der Waals surface area contributed by atoms with Crippen LogP contribution in [-0.2, 0) is 4.74 Å². The summed E-state index contributed by atoms with van der Waals surface area (Å²) in [5, 5.41) is 3.11. The van der Waals surface area contributed by atoms with Crippen molar-refractivity contribution in [2.45, 2.75) is 11.9 Å². The van der Waals surface area contributed by atoms with Gasteiger partial charge in [-0.3, -0.25) is 0 Å². The van der Waals surface area contributed by atoms with Gasteiger partial charge < -0.3 is 4.74 Å². The van der Waals surface area contributed by atoms with Crippen molar-refractivity contribution in [3.8, 4) is 0 Å². The summed E-state index contributed by atoms with van der Waals surface area (Å²) in [5.41, 5.74) is 1.04. The van der Waals surface area contributed by atoms with Crippen LogP contribution in [0.1, 0.15) is 6.92 Å². The Morgan fingerprint density at radius 1 is 1.47 bits per heavy atom. The van der Waals surface area contributed by atoms with E-state index in [9.17, 15) is 0 Å². The van der Waals surface area contributed by atoms with Crippen LogP contribution in [0.3, 0.4) is 0 Å². The van der Waals surface area contributed by atoms with Crippen LogP contribution in [0.4, 0.5) is 0 Å². The lowest BCUT2D eigenvalue weighted by atomic mass is 10.5. The van der Waals surface area contributed by atoms with E-state index in [1.54, 1.807) is 29.4 Å². The van der Waals surface area contributed by atoms with Gasteiger partial charge in [0.15, 0.2) is 0 Å². The topological polar surface area (TPSA) is 35.0 Å². The predicted molar refractivity (Wildman–Crippen MR) is 64.6 cm³/mol. The number of ether oxygens (including phenoxy) is 1. The Morgan fingerprint density at radius 2 is 2.40 bits per heavy atom. The van der Waals surface area contributed by atoms with Crippen LogP contribution in [0, 0.1) is 0 Å². The van der Waals surface area contributed by atoms with Crippen molar-refractivity contribution in [3.63, 3.8) is 0 Å². The number of thiophene rings is 1. The molecule has 2 heterocycles. The van der Waals surface area contributed by atoms with Crippen molar-refractivity contribution in [2.24, 2.45) is 0 Å². The van der Waals surface area contributed by atoms with Crippen molar-refractivity contribution in [1.29, 1.82) is 0 Å². The maximum atomic E-state index is 5.29. The molecular weight excluding hydrogens is 228 g/mol. The first-order chi connectivity index (χ1) is 7.42. The molecule has 3 nitrogen and oxygen atoms in total. The molecule has 0 aromatic carbocycles. The summed E-state index contributed by atoms with van der Waals surface area (Å²) in [6.45, 7) is 3.56. The molecule has 0 saturated heterocycles. The second kappa shape index (κ2) is 5.44. The minimum absolute atomic E-state index is 0.776. The zero-order valence-corrected chi connectivity index (χ0v) is 10.1. The molecule has 0 saturated carbocycles. The highest BCUT2D eigenvalue weighted by Gasteiger charge is 2.04. The van der Waals surface area contributed by atoms with E-state index in [1.165, 1.54) is 4.70 Å². The lowest BCUT2D eigenvalue weighted by molar-refractivity contribution is 0.164. The van der Waals surface area contributed by atoms with Gasteiger partial charge in [-0.05, 0) is 18.4 Å². The van der Waals surface area contributed by atoms with E-state index in [0.717, 1.165) is 29.5 Å². The Hall–Kier alpha value is -0.650. The van der Waals surface area contributed by atoms with Crippen LogP contribution in [0.2, 0.25) is 0 Å². The largest absolute Gasteiger partial charge is 0.381 e. The summed E-state index contributed by atoms with van der Waals surface area (Å²) in [7, 11) is 0. The molecule has 0 radical (unpaired) electrons. The normalized spacial score (nSPS) is 11.0. The van der Waals surface area contributed by atoms with E-state index in [1.807, 2.05) is 18.4 Å². The number of rotatable bonds is 5. The zero-order valence-electron chi connectivity index (χ0n) is 8.47. The van der Waals surface area contributed by atoms with Crippen molar-refractivity contribution in [2.75, 3.05) is 19.0 Å². The lowest BCUT2D eigenvalue weighted by Crippen LogP contribution is -1.96. The molecule has 80 valence electrons. The quantitative estimate of drug-likeness (QED) is 0.457. The molecule has 0 unspecified atom stereocenters. The highest BCUT2D eigenvalue weighted by Crippen LogP contribution is 2.28. The van der Waals surface area contributed by atoms with Crippen LogP contribution >= 0.6 is 23.1 Å². The monoisotopic (exact) mass is 240 g/mol. The maximum absolute atomic E-state index is 5.29. The molecule has 2 aromatic heterocycles. The number of hydrogen-bond acceptors (Lipinski definition) is 5. The fourth-order valence-electron chi connectivity index (χ4n) is 1.21. The van der Waals surface area contributed by atoms with Gasteiger partial charge in [-0.15, -0.1) is 23.1 Å². The first-order valence-corrected chi connectivity index (χ1v) is 6.67. The van der Waals surface area contributed by atoms with Gasteiger partial charge in [-0.1, -0.05) is 0 Å². The highest BCUT2D eigenvalue weighted by molar-refractivity contribution is 7.99. The third-order valence-electron chi connectivity index (χ3n) is 1.88. The van der Waals surface area contributed by atoms with Gasteiger partial charge in [0.2, 0.25) is 0 Å². The molecule has 0 aliphatic carbocycles. The molecular formula is C10H12N2OS2. The van der Waals surface area contributed by atoms with Crippen LogP contribution in [0.15, 0.2) is 22.8 Å². The SMILES string of the molecule is CCOCCSc1ncnc2ccsc12. The van der Waals surface area contributed by atoms with E-state index in [-0.39, 0.29) is 0 Å². The molecule has 0 fully saturated rings. The molecule has 2 rings (SSSR count). The Morgan fingerprint density at radius 3 is 3.27 bits per heavy atom. The Balaban J connectivity index is 2.04. The second-order valence-corrected chi connectivity index (χ2v) is 4.86. The summed E-state index contributed by atoms with van der Waals surface area (Å²) in [5.74, 6) is 0.942. The predicted octanol–water partition coefficient (Wildman–Crippen LogP) is 2.82. The summed E-state index contributed by atoms with van der Waals surface area (Å²) in [6, 6.07) is 2.02. The smallest absolute Gasteiger partial charge is 0.117 e. The first kappa shape index (κ1) is 10.9. The van der Waals surface area contributed by atoms with Crippen LogP contribution < -0.4 is 0 Å². The summed E-state index contributed by atoms with van der Waals surface area (Å²) in [4.78, 5) is 8.48. The fraction of sp³-hybridized carbons (Fsp3) is 0.400. The molecule has 2 aromatic rings. The molecule has 0 spiro atoms. The maximum Gasteiger partial charge on any atom is 0.117 e. The van der Waals surface area contributed by atoms with E-state index in [2.05, 4.69) is 9.97 Å². The fourth-order valence-corrected chi connectivity index (χ4v) is 3.01. The first-order valence-electron chi connectivity index (χ1n) is 4.80. The van der Waals surface area contributed by atoms with Crippen molar-refractivity contribution < 1.29 is 4.74 Å². The van der Waals surface area contributed by atoms with E-state index < -0.39 is 0 Å². The zero-order chi connectivity index (χ0) is 10.5. The molecule has 0 aliphatic rings. The van der Waals surface area contributed by atoms with Crippen molar-refractivity contribution in [1.82, 2.24) is 9.97 Å². The molecule has 0 atom stereocenters. The summed E-state index contributed by atoms with van der Waals surface area (Å²) in [6.07, 6.45) is 1.62. The Kier molecular flexibility index (Phi) is 3.94. The van der Waals surface area contributed by atoms with Crippen LogP contribution in [-0.4, -0.2) is 28.9 Å². The average Bonchev–Trinajstić information content (AvgIpc) is 2.73. The number of hydrogen-bond donors (Lipinski definition) is 0. The summed E-state index contributed by atoms with van der Waals surface area (Å²) < 4.78 is 6.47. The third-order valence-corrected chi connectivity index (χ3v) is 3.87. The molecule has 0 aliphatic heterocycles. The number of nitrogens with zero attached hydrogens (tertiary/aromatic N) is 2. The van der Waals surface area contributed by atoms with Gasteiger partial charge in [-0.2, -0.15) is 0 Å². The van der Waals surface area contributed by atoms with Crippen molar-refractivity contribution in [3.05, 3.63) is 17.8 Å². The van der Waals surface area contributed by atoms with Crippen LogP contribution in [0.5, 0.6) is 0 Å². The number of thioether (sulfide) groups is 1. The molecule has 0 bridgehead atoms. The third kappa shape index (κ3) is 2.68. The Labute approximate surface area is 96.9 Å². The van der Waals surface area contributed by atoms with Gasteiger partial charge in [0.1, 0.15) is 11.4 Å². The van der Waals surface area contributed by atoms with Gasteiger partial charge >= 0.3 is 0 Å². The average molecular weight is 240 g/mol. The minimum Gasteiger partial charge on any atom is -0.381 e. The summed E-state index contributed by atoms with van der Waals surface area (Å²) >= 11 is 3.42. The molecule has 5 heteroatoms.